The Balaban J connectivity index is 0.000000239. The van der Waals surface area contributed by atoms with E-state index in [1.165, 1.54) is 12.7 Å². The lowest BCUT2D eigenvalue weighted by Gasteiger charge is -2.40. The van der Waals surface area contributed by atoms with Gasteiger partial charge in [-0.1, -0.05) is 6.08 Å². The van der Waals surface area contributed by atoms with E-state index in [1.807, 2.05) is 18.3 Å². The second-order valence-electron chi connectivity index (χ2n) is 6.56. The highest BCUT2D eigenvalue weighted by Crippen LogP contribution is 2.14. The maximum absolute atomic E-state index is 4.25. The van der Waals surface area contributed by atoms with Gasteiger partial charge >= 0.3 is 0 Å². The second-order valence-corrected chi connectivity index (χ2v) is 6.56. The van der Waals surface area contributed by atoms with Gasteiger partial charge in [0.05, 0.1) is 0 Å². The van der Waals surface area contributed by atoms with Crippen LogP contribution in [0.2, 0.25) is 0 Å². The van der Waals surface area contributed by atoms with Gasteiger partial charge in [0.15, 0.2) is 0 Å². The second kappa shape index (κ2) is 12.5. The monoisotopic (exact) mass is 362 g/mol. The zero-order valence-corrected chi connectivity index (χ0v) is 16.8. The lowest BCUT2D eigenvalue weighted by molar-refractivity contribution is 0.119. The summed E-state index contributed by atoms with van der Waals surface area (Å²) in [6.07, 6.45) is 8.39. The third-order valence-electron chi connectivity index (χ3n) is 4.25. The third kappa shape index (κ3) is 7.61. The molecule has 1 fully saturated rings. The van der Waals surface area contributed by atoms with Crippen molar-refractivity contribution in [2.24, 2.45) is 0 Å². The topological polar surface area (TPSA) is 69.3 Å². The van der Waals surface area contributed by atoms with E-state index in [-0.39, 0.29) is 0 Å². The molecule has 2 atom stereocenters. The van der Waals surface area contributed by atoms with Gasteiger partial charge in [0.2, 0.25) is 0 Å². The van der Waals surface area contributed by atoms with Gasteiger partial charge in [0.25, 0.3) is 0 Å². The van der Waals surface area contributed by atoms with Gasteiger partial charge in [-0.2, -0.15) is 0 Å². The number of piperidine rings is 1. The summed E-state index contributed by atoms with van der Waals surface area (Å²) >= 11 is 0. The zero-order valence-electron chi connectivity index (χ0n) is 16.8. The Bertz CT molecular complexity index is 585. The fraction of sp³-hybridized carbons (Fsp3) is 0.579. The normalized spacial score (nSPS) is 20.1. The van der Waals surface area contributed by atoms with Crippen LogP contribution < -0.4 is 5.32 Å². The van der Waals surface area contributed by atoms with E-state index in [0.717, 1.165) is 30.7 Å². The molecule has 7 heteroatoms. The Hall–Kier alpha value is -1.80. The third-order valence-corrected chi connectivity index (χ3v) is 4.25. The quantitative estimate of drug-likeness (QED) is 0.806. The number of ether oxygens (including phenoxy) is 1. The number of likely N-dealkylation sites (tertiary alicyclic amines) is 1. The van der Waals surface area contributed by atoms with Gasteiger partial charge in [0.1, 0.15) is 12.0 Å². The highest BCUT2D eigenvalue weighted by molar-refractivity contribution is 5.73. The minimum absolute atomic E-state index is 0.621. The number of hydrogen-bond donors (Lipinski definition) is 2. The highest BCUT2D eigenvalue weighted by atomic mass is 16.4. The molecule has 3 rings (SSSR count). The number of rotatable bonds is 4. The van der Waals surface area contributed by atoms with E-state index >= 15 is 0 Å². The molecule has 1 saturated heterocycles. The van der Waals surface area contributed by atoms with E-state index in [4.69, 9.17) is 0 Å². The zero-order chi connectivity index (χ0) is 19.4. The molecule has 1 aliphatic rings. The predicted octanol–water partition coefficient (Wildman–Crippen LogP) is 1.62. The smallest absolute Gasteiger partial charge is 0.140 e. The van der Waals surface area contributed by atoms with Gasteiger partial charge in [-0.25, -0.2) is 9.97 Å². The molecule has 1 aliphatic heterocycles. The number of fused-ring (bicyclic) bond motifs is 1. The molecule has 0 radical (unpaired) electrons. The Kier molecular flexibility index (Phi) is 10.7. The predicted molar refractivity (Wildman–Crippen MR) is 108 cm³/mol. The molecule has 0 amide bonds. The van der Waals surface area contributed by atoms with Crippen LogP contribution in [0.25, 0.3) is 11.0 Å². The van der Waals surface area contributed by atoms with E-state index in [0.29, 0.717) is 12.1 Å². The first-order valence-corrected chi connectivity index (χ1v) is 8.85. The Labute approximate surface area is 157 Å². The van der Waals surface area contributed by atoms with Crippen molar-refractivity contribution >= 4 is 11.0 Å². The van der Waals surface area contributed by atoms with Crippen molar-refractivity contribution in [1.82, 2.24) is 30.1 Å². The van der Waals surface area contributed by atoms with Crippen molar-refractivity contribution in [3.8, 4) is 0 Å². The van der Waals surface area contributed by atoms with Crippen molar-refractivity contribution in [3.05, 3.63) is 37.4 Å². The minimum Gasteiger partial charge on any atom is -0.388 e. The largest absolute Gasteiger partial charge is 0.388 e. The van der Waals surface area contributed by atoms with Crippen LogP contribution in [-0.4, -0.2) is 91.8 Å². The molecule has 146 valence electrons. The average Bonchev–Trinajstić information content (AvgIpc) is 3.11. The first-order valence-electron chi connectivity index (χ1n) is 8.85. The van der Waals surface area contributed by atoms with E-state index in [9.17, 15) is 0 Å². The highest BCUT2D eigenvalue weighted by Gasteiger charge is 2.26. The van der Waals surface area contributed by atoms with Crippen LogP contribution >= 0.6 is 0 Å². The van der Waals surface area contributed by atoms with E-state index < -0.39 is 0 Å². The van der Waals surface area contributed by atoms with Crippen molar-refractivity contribution < 1.29 is 4.74 Å². The first-order chi connectivity index (χ1) is 12.5. The summed E-state index contributed by atoms with van der Waals surface area (Å²) in [6, 6.07) is 3.23. The minimum atomic E-state index is 0.621. The molecule has 3 heterocycles. The SMILES string of the molecule is C=CCN1C[C@H](NC)C[C@@H](N(C)C)C1.COC.c1ncc2cc[nH]c2n1. The number of methoxy groups -OCH3 is 1. The molecule has 0 bridgehead atoms. The molecule has 0 spiro atoms. The van der Waals surface area contributed by atoms with E-state index in [1.54, 1.807) is 20.4 Å². The molecular weight excluding hydrogens is 328 g/mol. The van der Waals surface area contributed by atoms with Crippen LogP contribution in [-0.2, 0) is 4.74 Å². The van der Waals surface area contributed by atoms with Crippen molar-refractivity contribution in [3.63, 3.8) is 0 Å². The summed E-state index contributed by atoms with van der Waals surface area (Å²) in [5, 5.41) is 4.43. The fourth-order valence-electron chi connectivity index (χ4n) is 2.87. The molecule has 2 aromatic rings. The lowest BCUT2D eigenvalue weighted by Crippen LogP contribution is -2.54. The van der Waals surface area contributed by atoms with Crippen LogP contribution in [0.3, 0.4) is 0 Å². The number of aromatic nitrogens is 3. The first kappa shape index (κ1) is 22.2. The van der Waals surface area contributed by atoms with Gasteiger partial charge < -0.3 is 19.9 Å². The van der Waals surface area contributed by atoms with Crippen LogP contribution in [0.4, 0.5) is 0 Å². The Morgan fingerprint density at radius 1 is 1.42 bits per heavy atom. The average molecular weight is 363 g/mol. The van der Waals surface area contributed by atoms with Gasteiger partial charge in [0, 0.05) is 63.7 Å². The molecule has 2 N–H and O–H groups in total. The standard InChI is InChI=1S/C11H23N3.C6H5N3.C2H6O/c1-5-6-14-8-10(12-2)7-11(9-14)13(3)4;1-2-8-6-5(1)3-7-4-9-6;1-3-2/h5,10-12H,1,6-9H2,2-4H3;1-4H,(H,7,8,9);1-2H3/t10-,11-;;/m1../s1. The number of hydrogen-bond acceptors (Lipinski definition) is 6. The van der Waals surface area contributed by atoms with Gasteiger partial charge in [-0.3, -0.25) is 4.90 Å². The summed E-state index contributed by atoms with van der Waals surface area (Å²) in [7, 11) is 9.62. The molecule has 0 aromatic carbocycles. The number of H-pyrrole nitrogens is 1. The Morgan fingerprint density at radius 2 is 2.15 bits per heavy atom. The molecule has 26 heavy (non-hydrogen) atoms. The number of nitrogens with zero attached hydrogens (tertiary/aromatic N) is 4. The van der Waals surface area contributed by atoms with Crippen molar-refractivity contribution in [1.29, 1.82) is 0 Å². The summed E-state index contributed by atoms with van der Waals surface area (Å²) in [4.78, 5) is 15.6. The summed E-state index contributed by atoms with van der Waals surface area (Å²) < 4.78 is 4.25. The molecule has 2 aromatic heterocycles. The molecule has 7 nitrogen and oxygen atoms in total. The summed E-state index contributed by atoms with van der Waals surface area (Å²) in [5.74, 6) is 0. The maximum Gasteiger partial charge on any atom is 0.140 e. The molecule has 0 saturated carbocycles. The van der Waals surface area contributed by atoms with E-state index in [2.05, 4.69) is 62.5 Å². The summed E-state index contributed by atoms with van der Waals surface area (Å²) in [6.45, 7) is 7.11. The van der Waals surface area contributed by atoms with Crippen LogP contribution in [0.1, 0.15) is 6.42 Å². The summed E-state index contributed by atoms with van der Waals surface area (Å²) in [5.41, 5.74) is 0.894. The van der Waals surface area contributed by atoms with Crippen LogP contribution in [0.15, 0.2) is 37.4 Å². The lowest BCUT2D eigenvalue weighted by atomic mass is 10.00. The number of aromatic amines is 1. The molecular formula is C19H34N6O. The Morgan fingerprint density at radius 3 is 2.73 bits per heavy atom. The van der Waals surface area contributed by atoms with Crippen molar-refractivity contribution in [2.45, 2.75) is 18.5 Å². The van der Waals surface area contributed by atoms with Gasteiger partial charge in [-0.05, 0) is 33.6 Å². The molecule has 0 unspecified atom stereocenters. The van der Waals surface area contributed by atoms with Crippen LogP contribution in [0.5, 0.6) is 0 Å². The van der Waals surface area contributed by atoms with Gasteiger partial charge in [-0.15, -0.1) is 6.58 Å². The maximum atomic E-state index is 4.25. The number of nitrogens with one attached hydrogen (secondary N) is 2. The van der Waals surface area contributed by atoms with Crippen molar-refractivity contribution in [2.75, 3.05) is 55.0 Å². The fourth-order valence-corrected chi connectivity index (χ4v) is 2.87. The molecule has 0 aliphatic carbocycles. The number of likely N-dealkylation sites (N-methyl/N-ethyl adjacent to an activating group) is 2. The van der Waals surface area contributed by atoms with Crippen LogP contribution in [0, 0.1) is 0 Å².